The van der Waals surface area contributed by atoms with E-state index in [0.717, 1.165) is 23.3 Å². The van der Waals surface area contributed by atoms with Crippen LogP contribution in [0.1, 0.15) is 22.7 Å². The molecule has 0 radical (unpaired) electrons. The summed E-state index contributed by atoms with van der Waals surface area (Å²) in [7, 11) is 1.61. The number of nitrogens with one attached hydrogen (secondary N) is 2. The van der Waals surface area contributed by atoms with Gasteiger partial charge in [0, 0.05) is 12.5 Å². The second-order valence-corrected chi connectivity index (χ2v) is 7.93. The average molecular weight is 417 g/mol. The zero-order valence-electron chi connectivity index (χ0n) is 17.9. The van der Waals surface area contributed by atoms with E-state index in [4.69, 9.17) is 9.47 Å². The highest BCUT2D eigenvalue weighted by molar-refractivity contribution is 5.96. The Kier molecular flexibility index (Phi) is 6.53. The first kappa shape index (κ1) is 20.9. The Labute approximate surface area is 183 Å². The molecule has 3 aromatic carbocycles. The van der Waals surface area contributed by atoms with Crippen LogP contribution in [-0.4, -0.2) is 26.2 Å². The molecular formula is C26H28N2O3. The molecule has 0 aromatic heterocycles. The summed E-state index contributed by atoms with van der Waals surface area (Å²) in [4.78, 5) is 13.3. The topological polar surface area (TPSA) is 59.6 Å². The van der Waals surface area contributed by atoms with Gasteiger partial charge in [-0.2, -0.15) is 0 Å². The molecule has 0 bridgehead atoms. The van der Waals surface area contributed by atoms with Crippen LogP contribution in [0, 0.1) is 12.8 Å². The van der Waals surface area contributed by atoms with E-state index in [2.05, 4.69) is 16.7 Å². The number of benzene rings is 3. The predicted octanol–water partition coefficient (Wildman–Crippen LogP) is 4.52. The Balaban J connectivity index is 1.49. The zero-order valence-corrected chi connectivity index (χ0v) is 17.9. The fourth-order valence-corrected chi connectivity index (χ4v) is 3.94. The van der Waals surface area contributed by atoms with E-state index in [9.17, 15) is 4.79 Å². The first-order valence-electron chi connectivity index (χ1n) is 10.6. The van der Waals surface area contributed by atoms with Crippen LogP contribution in [-0.2, 0) is 11.2 Å². The highest BCUT2D eigenvalue weighted by Crippen LogP contribution is 2.28. The lowest BCUT2D eigenvalue weighted by molar-refractivity contribution is -0.118. The Bertz CT molecular complexity index is 1040. The van der Waals surface area contributed by atoms with Gasteiger partial charge in [-0.15, -0.1) is 0 Å². The van der Waals surface area contributed by atoms with E-state index in [0.29, 0.717) is 30.5 Å². The van der Waals surface area contributed by atoms with Gasteiger partial charge in [0.05, 0.1) is 19.4 Å². The average Bonchev–Trinajstić information content (AvgIpc) is 2.80. The minimum Gasteiger partial charge on any atom is -0.495 e. The third-order valence-corrected chi connectivity index (χ3v) is 5.57. The van der Waals surface area contributed by atoms with Gasteiger partial charge in [0.15, 0.2) is 0 Å². The van der Waals surface area contributed by atoms with Crippen molar-refractivity contribution >= 4 is 11.6 Å². The molecule has 0 saturated carbocycles. The molecule has 1 amide bonds. The fraction of sp³-hybridized carbons (Fsp3) is 0.269. The van der Waals surface area contributed by atoms with Crippen molar-refractivity contribution in [3.63, 3.8) is 0 Å². The van der Waals surface area contributed by atoms with Gasteiger partial charge in [-0.05, 0) is 48.2 Å². The first-order valence-corrected chi connectivity index (χ1v) is 10.6. The molecule has 5 heteroatoms. The Morgan fingerprint density at radius 3 is 2.68 bits per heavy atom. The van der Waals surface area contributed by atoms with Gasteiger partial charge in [0.2, 0.25) is 5.91 Å². The lowest BCUT2D eigenvalue weighted by Crippen LogP contribution is -2.38. The summed E-state index contributed by atoms with van der Waals surface area (Å²) >= 11 is 0. The van der Waals surface area contributed by atoms with Gasteiger partial charge in [-0.3, -0.25) is 4.79 Å². The number of fused-ring (bicyclic) bond motifs is 1. The number of ether oxygens (including phenoxy) is 2. The van der Waals surface area contributed by atoms with Crippen LogP contribution in [0.5, 0.6) is 11.5 Å². The van der Waals surface area contributed by atoms with Crippen LogP contribution in [0.3, 0.4) is 0 Å². The van der Waals surface area contributed by atoms with E-state index in [1.54, 1.807) is 7.11 Å². The monoisotopic (exact) mass is 416 g/mol. The summed E-state index contributed by atoms with van der Waals surface area (Å²) < 4.78 is 11.3. The van der Waals surface area contributed by atoms with Crippen molar-refractivity contribution in [2.45, 2.75) is 19.4 Å². The lowest BCUT2D eigenvalue weighted by atomic mass is 9.96. The number of para-hydroxylation sites is 1. The summed E-state index contributed by atoms with van der Waals surface area (Å²) in [5.74, 6) is 1.78. The standard InChI is InChI=1S/C26H28N2O3/c1-18-12-13-24(30-2)22(14-18)28-26(29)25(20-8-4-3-5-9-20)27-16-19-15-21-10-6-7-11-23(21)31-17-19/h3-14,19,25,27H,15-17H2,1-2H3,(H,28,29). The minimum atomic E-state index is -0.483. The SMILES string of the molecule is COc1ccc(C)cc1NC(=O)C(NCC1COc2ccccc2C1)c1ccccc1. The molecule has 0 fully saturated rings. The molecule has 1 heterocycles. The van der Waals surface area contributed by atoms with E-state index < -0.39 is 6.04 Å². The van der Waals surface area contributed by atoms with Crippen LogP contribution < -0.4 is 20.1 Å². The summed E-state index contributed by atoms with van der Waals surface area (Å²) in [6.07, 6.45) is 0.929. The van der Waals surface area contributed by atoms with E-state index >= 15 is 0 Å². The van der Waals surface area contributed by atoms with Gasteiger partial charge in [0.25, 0.3) is 0 Å². The quantitative estimate of drug-likeness (QED) is 0.594. The van der Waals surface area contributed by atoms with Crippen molar-refractivity contribution in [3.05, 3.63) is 89.5 Å². The molecule has 2 atom stereocenters. The molecule has 2 N–H and O–H groups in total. The van der Waals surface area contributed by atoms with Crippen molar-refractivity contribution in [1.82, 2.24) is 5.32 Å². The third kappa shape index (κ3) is 5.06. The fourth-order valence-electron chi connectivity index (χ4n) is 3.94. The molecule has 0 aliphatic carbocycles. The molecule has 31 heavy (non-hydrogen) atoms. The van der Waals surface area contributed by atoms with Crippen LogP contribution in [0.15, 0.2) is 72.8 Å². The van der Waals surface area contributed by atoms with Gasteiger partial charge in [-0.25, -0.2) is 0 Å². The number of amides is 1. The summed E-state index contributed by atoms with van der Waals surface area (Å²) in [5.41, 5.74) is 3.86. The maximum absolute atomic E-state index is 13.3. The van der Waals surface area contributed by atoms with Crippen molar-refractivity contribution in [2.24, 2.45) is 5.92 Å². The highest BCUT2D eigenvalue weighted by Gasteiger charge is 2.25. The Hall–Kier alpha value is -3.31. The Morgan fingerprint density at radius 2 is 1.87 bits per heavy atom. The maximum atomic E-state index is 13.3. The Morgan fingerprint density at radius 1 is 1.10 bits per heavy atom. The molecule has 1 aliphatic rings. The van der Waals surface area contributed by atoms with Gasteiger partial charge in [-0.1, -0.05) is 54.6 Å². The normalized spacial score (nSPS) is 16.0. The number of carbonyl (C=O) groups is 1. The smallest absolute Gasteiger partial charge is 0.246 e. The molecule has 1 aliphatic heterocycles. The summed E-state index contributed by atoms with van der Waals surface area (Å²) in [6.45, 7) is 3.30. The summed E-state index contributed by atoms with van der Waals surface area (Å²) in [6, 6.07) is 23.2. The number of methoxy groups -OCH3 is 1. The third-order valence-electron chi connectivity index (χ3n) is 5.57. The molecule has 0 spiro atoms. The predicted molar refractivity (Wildman–Crippen MR) is 123 cm³/mol. The van der Waals surface area contributed by atoms with Gasteiger partial charge < -0.3 is 20.1 Å². The van der Waals surface area contributed by atoms with E-state index in [-0.39, 0.29) is 5.91 Å². The van der Waals surface area contributed by atoms with Gasteiger partial charge in [0.1, 0.15) is 17.5 Å². The van der Waals surface area contributed by atoms with E-state index in [1.165, 1.54) is 5.56 Å². The van der Waals surface area contributed by atoms with Gasteiger partial charge >= 0.3 is 0 Å². The van der Waals surface area contributed by atoms with Crippen LogP contribution in [0.4, 0.5) is 5.69 Å². The van der Waals surface area contributed by atoms with E-state index in [1.807, 2.05) is 73.7 Å². The number of hydrogen-bond donors (Lipinski definition) is 2. The number of anilines is 1. The molecular weight excluding hydrogens is 388 g/mol. The number of aryl methyl sites for hydroxylation is 1. The maximum Gasteiger partial charge on any atom is 0.246 e. The summed E-state index contributed by atoms with van der Waals surface area (Å²) in [5, 5.41) is 6.52. The van der Waals surface area contributed by atoms with Crippen molar-refractivity contribution in [1.29, 1.82) is 0 Å². The zero-order chi connectivity index (χ0) is 21.6. The number of carbonyl (C=O) groups excluding carboxylic acids is 1. The second-order valence-electron chi connectivity index (χ2n) is 7.93. The number of rotatable bonds is 7. The first-order chi connectivity index (χ1) is 15.1. The molecule has 160 valence electrons. The lowest BCUT2D eigenvalue weighted by Gasteiger charge is -2.27. The van der Waals surface area contributed by atoms with Crippen molar-refractivity contribution in [2.75, 3.05) is 25.6 Å². The molecule has 4 rings (SSSR count). The van der Waals surface area contributed by atoms with Crippen molar-refractivity contribution in [3.8, 4) is 11.5 Å². The molecule has 0 saturated heterocycles. The molecule has 5 nitrogen and oxygen atoms in total. The van der Waals surface area contributed by atoms with Crippen LogP contribution >= 0.6 is 0 Å². The molecule has 2 unspecified atom stereocenters. The highest BCUT2D eigenvalue weighted by atomic mass is 16.5. The van der Waals surface area contributed by atoms with Crippen molar-refractivity contribution < 1.29 is 14.3 Å². The molecule has 3 aromatic rings. The van der Waals surface area contributed by atoms with Crippen LogP contribution in [0.25, 0.3) is 0 Å². The van der Waals surface area contributed by atoms with Crippen LogP contribution in [0.2, 0.25) is 0 Å². The number of hydrogen-bond acceptors (Lipinski definition) is 4. The largest absolute Gasteiger partial charge is 0.495 e. The minimum absolute atomic E-state index is 0.118. The second kappa shape index (κ2) is 9.67.